The predicted molar refractivity (Wildman–Crippen MR) is 92.3 cm³/mol. The summed E-state index contributed by atoms with van der Waals surface area (Å²) in [6.07, 6.45) is 1.84. The fourth-order valence-corrected chi connectivity index (χ4v) is 3.28. The van der Waals surface area contributed by atoms with Crippen LogP contribution < -0.4 is 11.3 Å². The van der Waals surface area contributed by atoms with Gasteiger partial charge in [-0.1, -0.05) is 22.9 Å². The van der Waals surface area contributed by atoms with Crippen LogP contribution in [0.4, 0.5) is 0 Å². The third kappa shape index (κ3) is 4.85. The smallest absolute Gasteiger partial charge is 0.0624 e. The van der Waals surface area contributed by atoms with E-state index in [-0.39, 0.29) is 6.04 Å². The highest BCUT2D eigenvalue weighted by Gasteiger charge is 2.12. The first-order valence-electron chi connectivity index (χ1n) is 6.98. The van der Waals surface area contributed by atoms with Crippen LogP contribution in [0, 0.1) is 0 Å². The molecule has 1 aromatic carbocycles. The SMILES string of the molecule is CCc1cc(CC(CSc2ccc(Br)cc2)NN)n(C)n1. The Kier molecular flexibility index (Phi) is 6.29. The summed E-state index contributed by atoms with van der Waals surface area (Å²) in [5.74, 6) is 6.62. The highest BCUT2D eigenvalue weighted by atomic mass is 79.9. The minimum atomic E-state index is 0.221. The van der Waals surface area contributed by atoms with Gasteiger partial charge in [-0.15, -0.1) is 11.8 Å². The van der Waals surface area contributed by atoms with Gasteiger partial charge in [0.1, 0.15) is 0 Å². The number of benzene rings is 1. The molecule has 1 atom stereocenters. The Morgan fingerprint density at radius 2 is 2.10 bits per heavy atom. The first-order chi connectivity index (χ1) is 10.1. The molecule has 3 N–H and O–H groups in total. The lowest BCUT2D eigenvalue weighted by Crippen LogP contribution is -2.39. The molecule has 2 aromatic rings. The summed E-state index contributed by atoms with van der Waals surface area (Å²) in [7, 11) is 1.99. The van der Waals surface area contributed by atoms with Crippen molar-refractivity contribution in [1.82, 2.24) is 15.2 Å². The first-order valence-corrected chi connectivity index (χ1v) is 8.76. The van der Waals surface area contributed by atoms with Crippen molar-refractivity contribution in [2.75, 3.05) is 5.75 Å². The molecule has 1 aromatic heterocycles. The van der Waals surface area contributed by atoms with E-state index in [0.717, 1.165) is 28.8 Å². The van der Waals surface area contributed by atoms with Crippen LogP contribution in [0.3, 0.4) is 0 Å². The summed E-state index contributed by atoms with van der Waals surface area (Å²) in [6, 6.07) is 10.7. The van der Waals surface area contributed by atoms with Crippen LogP contribution in [-0.4, -0.2) is 21.6 Å². The molecule has 0 aliphatic heterocycles. The molecule has 0 fully saturated rings. The van der Waals surface area contributed by atoms with Crippen LogP contribution in [0.2, 0.25) is 0 Å². The molecular formula is C15H21BrN4S. The number of halogens is 1. The lowest BCUT2D eigenvalue weighted by Gasteiger charge is -2.15. The number of thioether (sulfide) groups is 1. The van der Waals surface area contributed by atoms with Crippen molar-refractivity contribution >= 4 is 27.7 Å². The number of aryl methyl sites for hydroxylation is 2. The molecule has 1 unspecified atom stereocenters. The monoisotopic (exact) mass is 368 g/mol. The van der Waals surface area contributed by atoms with Crippen LogP contribution in [0.5, 0.6) is 0 Å². The Morgan fingerprint density at radius 1 is 1.38 bits per heavy atom. The van der Waals surface area contributed by atoms with E-state index in [0.29, 0.717) is 0 Å². The van der Waals surface area contributed by atoms with E-state index >= 15 is 0 Å². The predicted octanol–water partition coefficient (Wildman–Crippen LogP) is 2.91. The minimum absolute atomic E-state index is 0.221. The average Bonchev–Trinajstić information content (AvgIpc) is 2.85. The van der Waals surface area contributed by atoms with Gasteiger partial charge in [0.05, 0.1) is 5.69 Å². The normalized spacial score (nSPS) is 12.6. The van der Waals surface area contributed by atoms with Gasteiger partial charge in [0, 0.05) is 40.3 Å². The second-order valence-electron chi connectivity index (χ2n) is 4.94. The number of nitrogens with one attached hydrogen (secondary N) is 1. The third-order valence-electron chi connectivity index (χ3n) is 3.35. The molecule has 114 valence electrons. The van der Waals surface area contributed by atoms with Crippen molar-refractivity contribution in [2.45, 2.75) is 30.7 Å². The van der Waals surface area contributed by atoms with Crippen molar-refractivity contribution in [3.05, 3.63) is 46.2 Å². The summed E-state index contributed by atoms with van der Waals surface area (Å²) in [5.41, 5.74) is 5.26. The zero-order valence-electron chi connectivity index (χ0n) is 12.3. The average molecular weight is 369 g/mol. The Labute approximate surface area is 138 Å². The van der Waals surface area contributed by atoms with Gasteiger partial charge in [0.15, 0.2) is 0 Å². The Balaban J connectivity index is 1.93. The van der Waals surface area contributed by atoms with Gasteiger partial charge in [-0.2, -0.15) is 5.10 Å². The molecule has 0 spiro atoms. The largest absolute Gasteiger partial charge is 0.272 e. The fourth-order valence-electron chi connectivity index (χ4n) is 2.08. The van der Waals surface area contributed by atoms with Crippen LogP contribution in [0.25, 0.3) is 0 Å². The quantitative estimate of drug-likeness (QED) is 0.448. The molecule has 6 heteroatoms. The second kappa shape index (κ2) is 7.98. The van der Waals surface area contributed by atoms with E-state index < -0.39 is 0 Å². The molecule has 0 aliphatic carbocycles. The van der Waals surface area contributed by atoms with Crippen molar-refractivity contribution < 1.29 is 0 Å². The number of nitrogens with zero attached hydrogens (tertiary/aromatic N) is 2. The molecule has 0 bridgehead atoms. The summed E-state index contributed by atoms with van der Waals surface area (Å²) < 4.78 is 3.05. The van der Waals surface area contributed by atoms with Gasteiger partial charge in [-0.3, -0.25) is 16.0 Å². The topological polar surface area (TPSA) is 55.9 Å². The molecule has 4 nitrogen and oxygen atoms in total. The molecule has 0 saturated carbocycles. The van der Waals surface area contributed by atoms with Crippen molar-refractivity contribution in [2.24, 2.45) is 12.9 Å². The van der Waals surface area contributed by atoms with Crippen LogP contribution in [-0.2, 0) is 19.9 Å². The van der Waals surface area contributed by atoms with Crippen molar-refractivity contribution in [3.8, 4) is 0 Å². The summed E-state index contributed by atoms with van der Waals surface area (Å²) >= 11 is 5.26. The van der Waals surface area contributed by atoms with E-state index in [1.807, 2.05) is 11.7 Å². The summed E-state index contributed by atoms with van der Waals surface area (Å²) in [4.78, 5) is 1.25. The molecule has 21 heavy (non-hydrogen) atoms. The minimum Gasteiger partial charge on any atom is -0.272 e. The maximum Gasteiger partial charge on any atom is 0.0624 e. The van der Waals surface area contributed by atoms with Gasteiger partial charge >= 0.3 is 0 Å². The van der Waals surface area contributed by atoms with E-state index in [4.69, 9.17) is 5.84 Å². The maximum atomic E-state index is 5.70. The Bertz CT molecular complexity index is 568. The highest BCUT2D eigenvalue weighted by molar-refractivity contribution is 9.10. The Hall–Kier alpha value is -0.820. The lowest BCUT2D eigenvalue weighted by atomic mass is 10.2. The van der Waals surface area contributed by atoms with Crippen molar-refractivity contribution in [3.63, 3.8) is 0 Å². The van der Waals surface area contributed by atoms with Crippen LogP contribution >= 0.6 is 27.7 Å². The molecule has 0 aliphatic rings. The zero-order valence-corrected chi connectivity index (χ0v) is 14.7. The highest BCUT2D eigenvalue weighted by Crippen LogP contribution is 2.22. The molecule has 0 saturated heterocycles. The van der Waals surface area contributed by atoms with Gasteiger partial charge in [-0.05, 0) is 36.8 Å². The number of nitrogens with two attached hydrogens (primary N) is 1. The standard InChI is InChI=1S/C15H21BrN4S/c1-3-12-8-14(20(2)19-12)9-13(18-17)10-21-15-6-4-11(16)5-7-15/h4-8,13,18H,3,9-10,17H2,1-2H3. The van der Waals surface area contributed by atoms with Gasteiger partial charge < -0.3 is 0 Å². The van der Waals surface area contributed by atoms with Crippen molar-refractivity contribution in [1.29, 1.82) is 0 Å². The number of rotatable bonds is 7. The van der Waals surface area contributed by atoms with E-state index in [9.17, 15) is 0 Å². The molecule has 1 heterocycles. The zero-order chi connectivity index (χ0) is 15.2. The molecular weight excluding hydrogens is 348 g/mol. The van der Waals surface area contributed by atoms with Gasteiger partial charge in [0.25, 0.3) is 0 Å². The van der Waals surface area contributed by atoms with E-state index in [1.54, 1.807) is 11.8 Å². The molecule has 2 rings (SSSR count). The second-order valence-corrected chi connectivity index (χ2v) is 6.95. The third-order valence-corrected chi connectivity index (χ3v) is 5.05. The lowest BCUT2D eigenvalue weighted by molar-refractivity contribution is 0.550. The fraction of sp³-hybridized carbons (Fsp3) is 0.400. The number of hydrazine groups is 1. The summed E-state index contributed by atoms with van der Waals surface area (Å²) in [5, 5.41) is 4.48. The Morgan fingerprint density at radius 3 is 2.67 bits per heavy atom. The number of aromatic nitrogens is 2. The van der Waals surface area contributed by atoms with Crippen LogP contribution in [0.15, 0.2) is 39.7 Å². The van der Waals surface area contributed by atoms with Crippen LogP contribution in [0.1, 0.15) is 18.3 Å². The maximum absolute atomic E-state index is 5.70. The molecule has 0 amide bonds. The summed E-state index contributed by atoms with van der Waals surface area (Å²) in [6.45, 7) is 2.12. The first kappa shape index (κ1) is 16.5. The number of hydrogen-bond acceptors (Lipinski definition) is 4. The molecule has 0 radical (unpaired) electrons. The van der Waals surface area contributed by atoms with E-state index in [2.05, 4.69) is 63.7 Å². The van der Waals surface area contributed by atoms with Gasteiger partial charge in [0.2, 0.25) is 0 Å². The van der Waals surface area contributed by atoms with Gasteiger partial charge in [-0.25, -0.2) is 0 Å². The number of hydrogen-bond donors (Lipinski definition) is 2. The van der Waals surface area contributed by atoms with E-state index in [1.165, 1.54) is 10.6 Å².